The zero-order chi connectivity index (χ0) is 11.0. The first-order valence-corrected chi connectivity index (χ1v) is 4.96. The van der Waals surface area contributed by atoms with Gasteiger partial charge in [-0.3, -0.25) is 9.59 Å². The van der Waals surface area contributed by atoms with Crippen LogP contribution in [0.1, 0.15) is 23.5 Å². The molecule has 0 amide bonds. The highest BCUT2D eigenvalue weighted by Crippen LogP contribution is 2.32. The minimum atomic E-state index is -0.536. The zero-order valence-electron chi connectivity index (χ0n) is 8.12. The molecule has 1 atom stereocenters. The van der Waals surface area contributed by atoms with E-state index in [4.69, 9.17) is 11.6 Å². The van der Waals surface area contributed by atoms with Crippen molar-refractivity contribution in [3.63, 3.8) is 0 Å². The topological polar surface area (TPSA) is 43.4 Å². The van der Waals surface area contributed by atoms with E-state index in [0.717, 1.165) is 5.56 Å². The van der Waals surface area contributed by atoms with E-state index in [2.05, 4.69) is 4.74 Å². The number of hydrogen-bond acceptors (Lipinski definition) is 3. The van der Waals surface area contributed by atoms with Crippen molar-refractivity contribution in [2.24, 2.45) is 0 Å². The van der Waals surface area contributed by atoms with Crippen LogP contribution in [0.2, 0.25) is 5.02 Å². The van der Waals surface area contributed by atoms with E-state index in [-0.39, 0.29) is 6.42 Å². The molecule has 1 saturated heterocycles. The molecule has 1 aromatic rings. The Morgan fingerprint density at radius 3 is 2.67 bits per heavy atom. The maximum absolute atomic E-state index is 11.3. The first kappa shape index (κ1) is 10.2. The molecule has 78 valence electrons. The number of cyclic esters (lactones) is 2. The first-order valence-electron chi connectivity index (χ1n) is 4.58. The van der Waals surface area contributed by atoms with Gasteiger partial charge in [-0.2, -0.15) is 0 Å². The van der Waals surface area contributed by atoms with Gasteiger partial charge in [0, 0.05) is 5.02 Å². The molecule has 1 aliphatic heterocycles. The highest BCUT2D eigenvalue weighted by Gasteiger charge is 2.35. The van der Waals surface area contributed by atoms with Crippen LogP contribution in [0.5, 0.6) is 0 Å². The van der Waals surface area contributed by atoms with Gasteiger partial charge in [0.1, 0.15) is 0 Å². The minimum Gasteiger partial charge on any atom is -0.393 e. The molecule has 15 heavy (non-hydrogen) atoms. The summed E-state index contributed by atoms with van der Waals surface area (Å²) in [6, 6.07) is 5.40. The lowest BCUT2D eigenvalue weighted by molar-refractivity contribution is -0.152. The maximum atomic E-state index is 11.3. The molecule has 1 heterocycles. The number of halogens is 1. The van der Waals surface area contributed by atoms with Gasteiger partial charge in [0.25, 0.3) is 0 Å². The molecular formula is C11H9ClO3. The standard InChI is InChI=1S/C11H9ClO3/c1-6-2-3-7(9(12)4-6)8-5-10(13)15-11(8)14/h2-4,8H,5H2,1H3. The van der Waals surface area contributed by atoms with Crippen molar-refractivity contribution in [2.45, 2.75) is 19.3 Å². The summed E-state index contributed by atoms with van der Waals surface area (Å²) in [5.74, 6) is -1.53. The number of esters is 2. The number of benzene rings is 1. The van der Waals surface area contributed by atoms with Crippen molar-refractivity contribution in [2.75, 3.05) is 0 Å². The van der Waals surface area contributed by atoms with Gasteiger partial charge >= 0.3 is 11.9 Å². The number of ether oxygens (including phenoxy) is 1. The van der Waals surface area contributed by atoms with Gasteiger partial charge in [0.05, 0.1) is 12.3 Å². The van der Waals surface area contributed by atoms with E-state index in [1.807, 2.05) is 13.0 Å². The van der Waals surface area contributed by atoms with Crippen LogP contribution < -0.4 is 0 Å². The summed E-state index contributed by atoms with van der Waals surface area (Å²) in [4.78, 5) is 22.2. The van der Waals surface area contributed by atoms with Crippen LogP contribution in [-0.4, -0.2) is 11.9 Å². The van der Waals surface area contributed by atoms with Crippen LogP contribution in [0.3, 0.4) is 0 Å². The van der Waals surface area contributed by atoms with Crippen LogP contribution in [0.25, 0.3) is 0 Å². The highest BCUT2D eigenvalue weighted by molar-refractivity contribution is 6.31. The predicted octanol–water partition coefficient (Wildman–Crippen LogP) is 2.21. The Morgan fingerprint density at radius 2 is 2.13 bits per heavy atom. The molecule has 0 spiro atoms. The van der Waals surface area contributed by atoms with Crippen LogP contribution in [0.4, 0.5) is 0 Å². The molecule has 0 saturated carbocycles. The van der Waals surface area contributed by atoms with Crippen molar-refractivity contribution in [1.82, 2.24) is 0 Å². The summed E-state index contributed by atoms with van der Waals surface area (Å²) in [7, 11) is 0. The molecule has 2 rings (SSSR count). The molecule has 1 aromatic carbocycles. The molecule has 1 fully saturated rings. The summed E-state index contributed by atoms with van der Waals surface area (Å²) >= 11 is 6.00. The number of hydrogen-bond donors (Lipinski definition) is 0. The predicted molar refractivity (Wildman–Crippen MR) is 54.6 cm³/mol. The Morgan fingerprint density at radius 1 is 1.40 bits per heavy atom. The Hall–Kier alpha value is -1.35. The summed E-state index contributed by atoms with van der Waals surface area (Å²) in [6.45, 7) is 1.91. The maximum Gasteiger partial charge on any atom is 0.321 e. The SMILES string of the molecule is Cc1ccc(C2CC(=O)OC2=O)c(Cl)c1. The van der Waals surface area contributed by atoms with E-state index in [1.54, 1.807) is 12.1 Å². The Kier molecular flexibility index (Phi) is 2.49. The minimum absolute atomic E-state index is 0.0849. The number of rotatable bonds is 1. The van der Waals surface area contributed by atoms with Crippen LogP contribution >= 0.6 is 11.6 Å². The van der Waals surface area contributed by atoms with Gasteiger partial charge in [-0.05, 0) is 24.1 Å². The summed E-state index contributed by atoms with van der Waals surface area (Å²) in [6.07, 6.45) is 0.0849. The van der Waals surface area contributed by atoms with Gasteiger partial charge in [-0.1, -0.05) is 23.7 Å². The summed E-state index contributed by atoms with van der Waals surface area (Å²) in [5, 5.41) is 0.506. The molecule has 1 aliphatic rings. The summed E-state index contributed by atoms with van der Waals surface area (Å²) < 4.78 is 4.48. The Balaban J connectivity index is 2.38. The molecule has 4 heteroatoms. The van der Waals surface area contributed by atoms with E-state index in [1.165, 1.54) is 0 Å². The average molecular weight is 225 g/mol. The van der Waals surface area contributed by atoms with Gasteiger partial charge in [-0.15, -0.1) is 0 Å². The van der Waals surface area contributed by atoms with Crippen molar-refractivity contribution in [3.8, 4) is 0 Å². The second kappa shape index (κ2) is 3.66. The van der Waals surface area contributed by atoms with Crippen LogP contribution in [-0.2, 0) is 14.3 Å². The molecule has 0 aliphatic carbocycles. The van der Waals surface area contributed by atoms with E-state index < -0.39 is 17.9 Å². The van der Waals surface area contributed by atoms with E-state index >= 15 is 0 Å². The fraction of sp³-hybridized carbons (Fsp3) is 0.273. The third-order valence-electron chi connectivity index (χ3n) is 2.40. The lowest BCUT2D eigenvalue weighted by Gasteiger charge is -2.07. The number of aryl methyl sites for hydroxylation is 1. The number of carbonyl (C=O) groups excluding carboxylic acids is 2. The monoisotopic (exact) mass is 224 g/mol. The zero-order valence-corrected chi connectivity index (χ0v) is 8.88. The second-order valence-electron chi connectivity index (χ2n) is 3.57. The van der Waals surface area contributed by atoms with E-state index in [9.17, 15) is 9.59 Å². The largest absolute Gasteiger partial charge is 0.393 e. The molecule has 3 nitrogen and oxygen atoms in total. The third kappa shape index (κ3) is 1.88. The fourth-order valence-electron chi connectivity index (χ4n) is 1.63. The van der Waals surface area contributed by atoms with Gasteiger partial charge < -0.3 is 4.74 Å². The Labute approximate surface area is 92.0 Å². The van der Waals surface area contributed by atoms with Crippen molar-refractivity contribution >= 4 is 23.5 Å². The quantitative estimate of drug-likeness (QED) is 0.543. The fourth-order valence-corrected chi connectivity index (χ4v) is 1.99. The molecule has 0 bridgehead atoms. The first-order chi connectivity index (χ1) is 7.08. The van der Waals surface area contributed by atoms with Gasteiger partial charge in [-0.25, -0.2) is 0 Å². The second-order valence-corrected chi connectivity index (χ2v) is 3.98. The molecular weight excluding hydrogens is 216 g/mol. The van der Waals surface area contributed by atoms with Crippen molar-refractivity contribution in [1.29, 1.82) is 0 Å². The Bertz CT molecular complexity index is 439. The smallest absolute Gasteiger partial charge is 0.321 e. The normalized spacial score (nSPS) is 20.5. The average Bonchev–Trinajstić information content (AvgIpc) is 2.45. The van der Waals surface area contributed by atoms with Gasteiger partial charge in [0.15, 0.2) is 0 Å². The third-order valence-corrected chi connectivity index (χ3v) is 2.73. The van der Waals surface area contributed by atoms with Crippen molar-refractivity contribution in [3.05, 3.63) is 34.3 Å². The lowest BCUT2D eigenvalue weighted by atomic mass is 9.97. The molecule has 0 N–H and O–H groups in total. The lowest BCUT2D eigenvalue weighted by Crippen LogP contribution is -2.06. The molecule has 1 unspecified atom stereocenters. The molecule has 0 aromatic heterocycles. The molecule has 0 radical (unpaired) electrons. The van der Waals surface area contributed by atoms with Crippen LogP contribution in [0, 0.1) is 6.92 Å². The van der Waals surface area contributed by atoms with Gasteiger partial charge in [0.2, 0.25) is 0 Å². The highest BCUT2D eigenvalue weighted by atomic mass is 35.5. The van der Waals surface area contributed by atoms with Crippen molar-refractivity contribution < 1.29 is 14.3 Å². The van der Waals surface area contributed by atoms with E-state index in [0.29, 0.717) is 10.6 Å². The van der Waals surface area contributed by atoms with Crippen LogP contribution in [0.15, 0.2) is 18.2 Å². The summed E-state index contributed by atoms with van der Waals surface area (Å²) in [5.41, 5.74) is 1.68. The number of carbonyl (C=O) groups is 2.